The van der Waals surface area contributed by atoms with Gasteiger partial charge in [0, 0.05) is 0 Å². The van der Waals surface area contributed by atoms with Gasteiger partial charge in [-0.3, -0.25) is 0 Å². The zero-order valence-corrected chi connectivity index (χ0v) is 14.5. The molecule has 0 saturated heterocycles. The van der Waals surface area contributed by atoms with Crippen LogP contribution in [0.5, 0.6) is 0 Å². The predicted octanol–water partition coefficient (Wildman–Crippen LogP) is 4.52. The van der Waals surface area contributed by atoms with Crippen molar-refractivity contribution in [3.8, 4) is 0 Å². The van der Waals surface area contributed by atoms with Crippen LogP contribution in [-0.2, 0) is 0 Å². The quantitative estimate of drug-likeness (QED) is 0.477. The van der Waals surface area contributed by atoms with Crippen molar-refractivity contribution in [1.82, 2.24) is 0 Å². The third-order valence-electron chi connectivity index (χ3n) is 4.05. The predicted molar refractivity (Wildman–Crippen MR) is 111 cm³/mol. The van der Waals surface area contributed by atoms with E-state index in [2.05, 4.69) is 109 Å². The lowest BCUT2D eigenvalue weighted by Gasteiger charge is -2.28. The Kier molecular flexibility index (Phi) is 5.31. The van der Waals surface area contributed by atoms with Gasteiger partial charge in [0.2, 0.25) is 0 Å². The first-order valence-electron chi connectivity index (χ1n) is 8.07. The van der Waals surface area contributed by atoms with E-state index in [-0.39, 0.29) is 0 Å². The molecular weight excluding hydrogens is 307 g/mol. The first-order chi connectivity index (χ1) is 11.9. The number of rotatable bonds is 5. The van der Waals surface area contributed by atoms with Gasteiger partial charge in [0.25, 0.3) is 0 Å². The largest absolute Gasteiger partial charge is 0.0991 e. The lowest BCUT2D eigenvalue weighted by Crippen LogP contribution is -2.26. The standard InChI is InChI=1S/C23H21P/c1-2-3-13-20-24(21-14-7-4-8-15-21,22-16-9-5-10-17-22)23-18-11-6-12-19-23/h2-20H,1H2/b13-3+. The lowest BCUT2D eigenvalue weighted by molar-refractivity contribution is 1.73. The van der Waals surface area contributed by atoms with Crippen molar-refractivity contribution in [2.45, 2.75) is 0 Å². The highest BCUT2D eigenvalue weighted by molar-refractivity contribution is 7.94. The average molecular weight is 328 g/mol. The molecule has 118 valence electrons. The summed E-state index contributed by atoms with van der Waals surface area (Å²) in [5.41, 5.74) is 0. The van der Waals surface area contributed by atoms with Crippen LogP contribution in [0.4, 0.5) is 0 Å². The molecule has 0 nitrogen and oxygen atoms in total. The second kappa shape index (κ2) is 7.81. The second-order valence-electron chi connectivity index (χ2n) is 5.50. The van der Waals surface area contributed by atoms with Gasteiger partial charge in [0.15, 0.2) is 0 Å². The van der Waals surface area contributed by atoms with E-state index < -0.39 is 6.89 Å². The molecule has 0 aliphatic carbocycles. The van der Waals surface area contributed by atoms with Crippen molar-refractivity contribution in [2.24, 2.45) is 0 Å². The molecule has 0 bridgehead atoms. The molecule has 0 amide bonds. The maximum absolute atomic E-state index is 3.80. The van der Waals surface area contributed by atoms with Gasteiger partial charge < -0.3 is 0 Å². The normalized spacial score (nSPS) is 11.3. The third-order valence-corrected chi connectivity index (χ3v) is 8.00. The van der Waals surface area contributed by atoms with Gasteiger partial charge in [-0.15, -0.1) is 0 Å². The van der Waals surface area contributed by atoms with Crippen molar-refractivity contribution in [3.63, 3.8) is 0 Å². The van der Waals surface area contributed by atoms with Crippen LogP contribution in [-0.4, -0.2) is 5.80 Å². The maximum atomic E-state index is 3.80. The monoisotopic (exact) mass is 328 g/mol. The smallest absolute Gasteiger partial charge is 0.0160 e. The van der Waals surface area contributed by atoms with Crippen LogP contribution < -0.4 is 15.9 Å². The summed E-state index contributed by atoms with van der Waals surface area (Å²) in [5.74, 6) is 2.37. The van der Waals surface area contributed by atoms with E-state index in [0.29, 0.717) is 0 Å². The second-order valence-corrected chi connectivity index (χ2v) is 8.79. The molecular formula is C23H21P. The Balaban J connectivity index is 2.40. The topological polar surface area (TPSA) is 0 Å². The average Bonchev–Trinajstić information content (AvgIpc) is 2.68. The number of benzene rings is 3. The Labute approximate surface area is 144 Å². The van der Waals surface area contributed by atoms with E-state index in [1.54, 1.807) is 0 Å². The highest BCUT2D eigenvalue weighted by Crippen LogP contribution is 2.43. The fourth-order valence-electron chi connectivity index (χ4n) is 2.95. The zero-order chi connectivity index (χ0) is 16.7. The van der Waals surface area contributed by atoms with Crippen molar-refractivity contribution in [1.29, 1.82) is 0 Å². The minimum Gasteiger partial charge on any atom is -0.0991 e. The Bertz CT molecular complexity index is 756. The molecule has 0 heterocycles. The van der Waals surface area contributed by atoms with E-state index in [0.717, 1.165) is 0 Å². The summed E-state index contributed by atoms with van der Waals surface area (Å²) in [6.07, 6.45) is 5.96. The molecule has 24 heavy (non-hydrogen) atoms. The van der Waals surface area contributed by atoms with E-state index >= 15 is 0 Å². The first kappa shape index (κ1) is 16.3. The number of hydrogen-bond donors (Lipinski definition) is 0. The van der Waals surface area contributed by atoms with Gasteiger partial charge in [-0.25, -0.2) is 0 Å². The number of allylic oxidation sites excluding steroid dienone is 3. The summed E-state index contributed by atoms with van der Waals surface area (Å²) in [7, 11) is 0. The van der Waals surface area contributed by atoms with Crippen LogP contribution in [0.25, 0.3) is 0 Å². The molecule has 0 atom stereocenters. The summed E-state index contributed by atoms with van der Waals surface area (Å²) in [5, 5.41) is 4.07. The summed E-state index contributed by atoms with van der Waals surface area (Å²) in [6.45, 7) is 1.96. The molecule has 0 aliphatic rings. The summed E-state index contributed by atoms with van der Waals surface area (Å²) < 4.78 is 0. The minimum atomic E-state index is -1.84. The lowest BCUT2D eigenvalue weighted by atomic mass is 10.4. The van der Waals surface area contributed by atoms with Gasteiger partial charge in [-0.1, -0.05) is 122 Å². The molecule has 0 N–H and O–H groups in total. The van der Waals surface area contributed by atoms with Crippen LogP contribution in [0, 0.1) is 0 Å². The summed E-state index contributed by atoms with van der Waals surface area (Å²) in [6, 6.07) is 32.4. The highest BCUT2D eigenvalue weighted by atomic mass is 31.2. The molecule has 3 rings (SSSR count). The molecule has 0 radical (unpaired) electrons. The Morgan fingerprint density at radius 2 is 0.917 bits per heavy atom. The van der Waals surface area contributed by atoms with Gasteiger partial charge in [-0.05, 0) is 22.8 Å². The summed E-state index contributed by atoms with van der Waals surface area (Å²) in [4.78, 5) is 0. The molecule has 3 aromatic rings. The third kappa shape index (κ3) is 3.20. The van der Waals surface area contributed by atoms with Crippen LogP contribution in [0.1, 0.15) is 0 Å². The zero-order valence-electron chi connectivity index (χ0n) is 13.6. The van der Waals surface area contributed by atoms with Crippen molar-refractivity contribution in [2.75, 3.05) is 0 Å². The molecule has 3 aromatic carbocycles. The minimum absolute atomic E-state index is 1.36. The van der Waals surface area contributed by atoms with Crippen LogP contribution in [0.2, 0.25) is 0 Å². The maximum Gasteiger partial charge on any atom is -0.0160 e. The Morgan fingerprint density at radius 1 is 0.542 bits per heavy atom. The van der Waals surface area contributed by atoms with Crippen molar-refractivity contribution < 1.29 is 0 Å². The molecule has 0 spiro atoms. The molecule has 0 aromatic heterocycles. The Hall–Kier alpha value is -2.56. The molecule has 0 unspecified atom stereocenters. The fraction of sp³-hybridized carbons (Fsp3) is 0. The van der Waals surface area contributed by atoms with E-state index in [1.165, 1.54) is 15.9 Å². The van der Waals surface area contributed by atoms with E-state index in [4.69, 9.17) is 0 Å². The van der Waals surface area contributed by atoms with Crippen LogP contribution in [0.3, 0.4) is 0 Å². The van der Waals surface area contributed by atoms with Crippen molar-refractivity contribution >= 4 is 28.6 Å². The molecule has 0 aliphatic heterocycles. The number of hydrogen-bond acceptors (Lipinski definition) is 0. The first-order valence-corrected chi connectivity index (χ1v) is 9.93. The van der Waals surface area contributed by atoms with Gasteiger partial charge in [0.1, 0.15) is 0 Å². The molecule has 0 fully saturated rings. The van der Waals surface area contributed by atoms with Gasteiger partial charge >= 0.3 is 0 Å². The van der Waals surface area contributed by atoms with Crippen LogP contribution in [0.15, 0.2) is 116 Å². The van der Waals surface area contributed by atoms with E-state index in [9.17, 15) is 0 Å². The SMILES string of the molecule is C=C/C=C/C=P(c1ccccc1)(c1ccccc1)c1ccccc1. The van der Waals surface area contributed by atoms with E-state index in [1.807, 2.05) is 12.2 Å². The fourth-order valence-corrected chi connectivity index (χ4v) is 6.65. The Morgan fingerprint density at radius 3 is 1.25 bits per heavy atom. The summed E-state index contributed by atoms with van der Waals surface area (Å²) >= 11 is 0. The molecule has 1 heteroatoms. The highest BCUT2D eigenvalue weighted by Gasteiger charge is 2.23. The molecule has 0 saturated carbocycles. The van der Waals surface area contributed by atoms with Crippen molar-refractivity contribution in [3.05, 3.63) is 116 Å². The van der Waals surface area contributed by atoms with Crippen LogP contribution >= 0.6 is 6.89 Å². The van der Waals surface area contributed by atoms with Gasteiger partial charge in [0.05, 0.1) is 0 Å². The van der Waals surface area contributed by atoms with Gasteiger partial charge in [-0.2, -0.15) is 0 Å².